The molecule has 2 aliphatic rings. The number of piperidine rings is 1. The number of aliphatic carboxylic acids is 1. The second-order valence-electron chi connectivity index (χ2n) is 7.43. The van der Waals surface area contributed by atoms with E-state index in [1.54, 1.807) is 0 Å². The zero-order valence-electron chi connectivity index (χ0n) is 13.4. The number of nitrogens with zero attached hydrogens (tertiary/aromatic N) is 1. The van der Waals surface area contributed by atoms with E-state index in [0.717, 1.165) is 38.6 Å². The molecule has 2 rings (SSSR count). The Kier molecular flexibility index (Phi) is 4.49. The van der Waals surface area contributed by atoms with Gasteiger partial charge in [0.05, 0.1) is 5.92 Å². The largest absolute Gasteiger partial charge is 0.481 e. The van der Waals surface area contributed by atoms with Crippen LogP contribution in [0.1, 0.15) is 65.7 Å². The predicted octanol–water partition coefficient (Wildman–Crippen LogP) is 3.42. The van der Waals surface area contributed by atoms with Crippen LogP contribution < -0.4 is 0 Å². The topological polar surface area (TPSA) is 66.8 Å². The number of amides is 1. The molecule has 0 radical (unpaired) electrons. The van der Waals surface area contributed by atoms with E-state index in [9.17, 15) is 9.59 Å². The Bertz CT molecular complexity index is 405. The molecule has 1 N–H and O–H groups in total. The van der Waals surface area contributed by atoms with Crippen LogP contribution in [0, 0.1) is 5.92 Å². The van der Waals surface area contributed by atoms with Gasteiger partial charge in [-0.15, -0.1) is 0 Å². The predicted molar refractivity (Wildman–Crippen MR) is 79.1 cm³/mol. The number of carboxylic acid groups (broad SMARTS) is 1. The van der Waals surface area contributed by atoms with Crippen LogP contribution in [-0.4, -0.2) is 39.8 Å². The molecule has 1 spiro atoms. The van der Waals surface area contributed by atoms with Crippen molar-refractivity contribution in [3.05, 3.63) is 0 Å². The molecule has 0 aromatic rings. The molecule has 1 saturated heterocycles. The van der Waals surface area contributed by atoms with E-state index in [1.807, 2.05) is 25.7 Å². The molecule has 5 heteroatoms. The third-order valence-corrected chi connectivity index (χ3v) is 4.73. The van der Waals surface area contributed by atoms with Crippen LogP contribution in [0.25, 0.3) is 0 Å². The van der Waals surface area contributed by atoms with Crippen molar-refractivity contribution in [2.24, 2.45) is 5.92 Å². The quantitative estimate of drug-likeness (QED) is 0.805. The molecule has 1 saturated carbocycles. The Morgan fingerprint density at radius 1 is 1.14 bits per heavy atom. The van der Waals surface area contributed by atoms with Gasteiger partial charge in [0.15, 0.2) is 0 Å². The standard InChI is InChI=1S/C16H27NO4/c1-15(2,3)21-14(20)17-11-5-4-8-16(17)9-6-12(7-10-16)13(18)19/h12H,4-11H2,1-3H3,(H,18,19). The lowest BCUT2D eigenvalue weighted by Gasteiger charge is -2.50. The Morgan fingerprint density at radius 3 is 2.29 bits per heavy atom. The van der Waals surface area contributed by atoms with E-state index in [2.05, 4.69) is 0 Å². The number of ether oxygens (including phenoxy) is 1. The Hall–Kier alpha value is -1.26. The first-order valence-electron chi connectivity index (χ1n) is 7.97. The van der Waals surface area contributed by atoms with Crippen molar-refractivity contribution in [2.45, 2.75) is 76.9 Å². The maximum absolute atomic E-state index is 12.5. The SMILES string of the molecule is CC(C)(C)OC(=O)N1CCCCC12CCC(C(=O)O)CC2. The first-order chi connectivity index (χ1) is 9.73. The normalized spacial score (nSPS) is 30.2. The molecule has 21 heavy (non-hydrogen) atoms. The number of rotatable bonds is 1. The van der Waals surface area contributed by atoms with Gasteiger partial charge in [-0.2, -0.15) is 0 Å². The van der Waals surface area contributed by atoms with Crippen LogP contribution in [0.3, 0.4) is 0 Å². The third-order valence-electron chi connectivity index (χ3n) is 4.73. The smallest absolute Gasteiger partial charge is 0.410 e. The van der Waals surface area contributed by atoms with E-state index >= 15 is 0 Å². The van der Waals surface area contributed by atoms with Gasteiger partial charge >= 0.3 is 12.1 Å². The highest BCUT2D eigenvalue weighted by Crippen LogP contribution is 2.43. The number of carbonyl (C=O) groups is 2. The van der Waals surface area contributed by atoms with Crippen molar-refractivity contribution in [2.75, 3.05) is 6.54 Å². The Balaban J connectivity index is 2.09. The fraction of sp³-hybridized carbons (Fsp3) is 0.875. The Morgan fingerprint density at radius 2 is 1.76 bits per heavy atom. The first kappa shape index (κ1) is 16.1. The summed E-state index contributed by atoms with van der Waals surface area (Å²) in [6.45, 7) is 6.36. The molecule has 1 amide bonds. The van der Waals surface area contributed by atoms with Gasteiger partial charge in [0, 0.05) is 12.1 Å². The van der Waals surface area contributed by atoms with Gasteiger partial charge in [0.1, 0.15) is 5.60 Å². The van der Waals surface area contributed by atoms with Gasteiger partial charge < -0.3 is 14.7 Å². The molecule has 0 bridgehead atoms. The average molecular weight is 297 g/mol. The van der Waals surface area contributed by atoms with Crippen LogP contribution in [0.4, 0.5) is 4.79 Å². The summed E-state index contributed by atoms with van der Waals surface area (Å²) >= 11 is 0. The summed E-state index contributed by atoms with van der Waals surface area (Å²) in [7, 11) is 0. The molecule has 1 heterocycles. The molecule has 120 valence electrons. The first-order valence-corrected chi connectivity index (χ1v) is 7.97. The lowest BCUT2D eigenvalue weighted by Crippen LogP contribution is -2.57. The highest BCUT2D eigenvalue weighted by Gasteiger charge is 2.46. The van der Waals surface area contributed by atoms with Gasteiger partial charge in [-0.05, 0) is 65.7 Å². The second-order valence-corrected chi connectivity index (χ2v) is 7.43. The number of carboxylic acids is 1. The van der Waals surface area contributed by atoms with E-state index in [0.29, 0.717) is 12.8 Å². The van der Waals surface area contributed by atoms with Crippen LogP contribution in [-0.2, 0) is 9.53 Å². The summed E-state index contributed by atoms with van der Waals surface area (Å²) in [5.74, 6) is -0.956. The molecule has 1 aliphatic heterocycles. The summed E-state index contributed by atoms with van der Waals surface area (Å²) in [6.07, 6.45) is 5.73. The lowest BCUT2D eigenvalue weighted by molar-refractivity contribution is -0.144. The molecule has 1 aliphatic carbocycles. The van der Waals surface area contributed by atoms with Crippen molar-refractivity contribution in [1.29, 1.82) is 0 Å². The van der Waals surface area contributed by atoms with Crippen LogP contribution in [0.15, 0.2) is 0 Å². The second kappa shape index (κ2) is 5.85. The number of hydrogen-bond acceptors (Lipinski definition) is 3. The van der Waals surface area contributed by atoms with Crippen molar-refractivity contribution >= 4 is 12.1 Å². The van der Waals surface area contributed by atoms with E-state index < -0.39 is 11.6 Å². The van der Waals surface area contributed by atoms with Gasteiger partial charge in [0.25, 0.3) is 0 Å². The van der Waals surface area contributed by atoms with Gasteiger partial charge in [-0.1, -0.05) is 0 Å². The lowest BCUT2D eigenvalue weighted by atomic mass is 9.71. The summed E-state index contributed by atoms with van der Waals surface area (Å²) in [4.78, 5) is 25.5. The molecular formula is C16H27NO4. The van der Waals surface area contributed by atoms with E-state index in [1.165, 1.54) is 0 Å². The molecule has 0 aromatic heterocycles. The van der Waals surface area contributed by atoms with E-state index in [4.69, 9.17) is 9.84 Å². The fourth-order valence-electron chi connectivity index (χ4n) is 3.62. The maximum atomic E-state index is 12.5. The summed E-state index contributed by atoms with van der Waals surface area (Å²) < 4.78 is 5.55. The highest BCUT2D eigenvalue weighted by molar-refractivity contribution is 5.71. The molecule has 0 atom stereocenters. The van der Waals surface area contributed by atoms with Crippen molar-refractivity contribution in [3.63, 3.8) is 0 Å². The minimum atomic E-state index is -0.704. The van der Waals surface area contributed by atoms with Crippen LogP contribution in [0.2, 0.25) is 0 Å². The molecule has 2 fully saturated rings. The average Bonchev–Trinajstić information content (AvgIpc) is 2.37. The molecular weight excluding hydrogens is 270 g/mol. The molecule has 0 aromatic carbocycles. The van der Waals surface area contributed by atoms with Gasteiger partial charge in [-0.3, -0.25) is 4.79 Å². The Labute approximate surface area is 126 Å². The maximum Gasteiger partial charge on any atom is 0.410 e. The number of hydrogen-bond donors (Lipinski definition) is 1. The fourth-order valence-corrected chi connectivity index (χ4v) is 3.62. The summed E-state index contributed by atoms with van der Waals surface area (Å²) in [5.41, 5.74) is -0.666. The van der Waals surface area contributed by atoms with Crippen molar-refractivity contribution in [1.82, 2.24) is 4.90 Å². The van der Waals surface area contributed by atoms with Gasteiger partial charge in [-0.25, -0.2) is 4.79 Å². The van der Waals surface area contributed by atoms with Crippen molar-refractivity contribution < 1.29 is 19.4 Å². The minimum absolute atomic E-state index is 0.174. The summed E-state index contributed by atoms with van der Waals surface area (Å²) in [5, 5.41) is 9.15. The number of carbonyl (C=O) groups excluding carboxylic acids is 1. The van der Waals surface area contributed by atoms with E-state index in [-0.39, 0.29) is 17.6 Å². The zero-order chi connectivity index (χ0) is 15.7. The zero-order valence-corrected chi connectivity index (χ0v) is 13.4. The molecule has 5 nitrogen and oxygen atoms in total. The van der Waals surface area contributed by atoms with Crippen LogP contribution >= 0.6 is 0 Å². The highest BCUT2D eigenvalue weighted by atomic mass is 16.6. The third kappa shape index (κ3) is 3.69. The number of likely N-dealkylation sites (tertiary alicyclic amines) is 1. The summed E-state index contributed by atoms with van der Waals surface area (Å²) in [6, 6.07) is 0. The van der Waals surface area contributed by atoms with Gasteiger partial charge in [0.2, 0.25) is 0 Å². The molecule has 0 unspecified atom stereocenters. The van der Waals surface area contributed by atoms with Crippen molar-refractivity contribution in [3.8, 4) is 0 Å². The minimum Gasteiger partial charge on any atom is -0.481 e. The monoisotopic (exact) mass is 297 g/mol. The van der Waals surface area contributed by atoms with Crippen LogP contribution in [0.5, 0.6) is 0 Å².